The molecular formula is C15H14ClF2N. The lowest BCUT2D eigenvalue weighted by Gasteiger charge is -2.14. The van der Waals surface area contributed by atoms with Gasteiger partial charge in [0.25, 0.3) is 0 Å². The summed E-state index contributed by atoms with van der Waals surface area (Å²) in [6, 6.07) is 8.90. The second-order valence-electron chi connectivity index (χ2n) is 4.58. The van der Waals surface area contributed by atoms with Crippen molar-refractivity contribution in [3.63, 3.8) is 0 Å². The van der Waals surface area contributed by atoms with Crippen LogP contribution in [0.5, 0.6) is 0 Å². The van der Waals surface area contributed by atoms with Gasteiger partial charge in [-0.2, -0.15) is 0 Å². The Bertz CT molecular complexity index is 599. The molecule has 100 valence electrons. The van der Waals surface area contributed by atoms with E-state index in [1.54, 1.807) is 18.2 Å². The first-order valence-corrected chi connectivity index (χ1v) is 6.30. The lowest BCUT2D eigenvalue weighted by molar-refractivity contribution is 0.577. The van der Waals surface area contributed by atoms with Gasteiger partial charge in [0.15, 0.2) is 0 Å². The summed E-state index contributed by atoms with van der Waals surface area (Å²) >= 11 is 5.61. The average Bonchev–Trinajstić information content (AvgIpc) is 2.33. The fourth-order valence-corrected chi connectivity index (χ4v) is 2.08. The third-order valence-electron chi connectivity index (χ3n) is 3.00. The summed E-state index contributed by atoms with van der Waals surface area (Å²) in [5, 5.41) is 0.0684. The van der Waals surface area contributed by atoms with Crippen LogP contribution in [-0.4, -0.2) is 0 Å². The third kappa shape index (κ3) is 3.31. The average molecular weight is 282 g/mol. The molecule has 0 saturated heterocycles. The Morgan fingerprint density at radius 3 is 2.47 bits per heavy atom. The topological polar surface area (TPSA) is 26.0 Å². The Morgan fingerprint density at radius 2 is 1.84 bits per heavy atom. The molecule has 1 atom stereocenters. The number of aryl methyl sites for hydroxylation is 1. The first-order chi connectivity index (χ1) is 8.97. The summed E-state index contributed by atoms with van der Waals surface area (Å²) in [5.41, 5.74) is 7.93. The zero-order valence-corrected chi connectivity index (χ0v) is 11.2. The molecule has 2 aromatic carbocycles. The molecule has 4 heteroatoms. The maximum absolute atomic E-state index is 13.8. The van der Waals surface area contributed by atoms with Crippen LogP contribution in [0.2, 0.25) is 5.02 Å². The zero-order chi connectivity index (χ0) is 14.0. The van der Waals surface area contributed by atoms with Gasteiger partial charge < -0.3 is 5.73 Å². The number of halogens is 3. The summed E-state index contributed by atoms with van der Waals surface area (Å²) in [4.78, 5) is 0. The molecule has 1 unspecified atom stereocenters. The Balaban J connectivity index is 2.20. The van der Waals surface area contributed by atoms with E-state index < -0.39 is 11.9 Å². The Morgan fingerprint density at radius 1 is 1.11 bits per heavy atom. The van der Waals surface area contributed by atoms with Crippen LogP contribution in [0, 0.1) is 18.6 Å². The molecule has 0 amide bonds. The highest BCUT2D eigenvalue weighted by atomic mass is 35.5. The second-order valence-corrected chi connectivity index (χ2v) is 4.99. The number of benzene rings is 2. The number of rotatable bonds is 3. The van der Waals surface area contributed by atoms with Crippen molar-refractivity contribution in [2.24, 2.45) is 5.73 Å². The van der Waals surface area contributed by atoms with Crippen LogP contribution in [0.25, 0.3) is 0 Å². The van der Waals surface area contributed by atoms with E-state index in [9.17, 15) is 8.78 Å². The van der Waals surface area contributed by atoms with E-state index in [0.29, 0.717) is 17.5 Å². The molecule has 0 spiro atoms. The largest absolute Gasteiger partial charge is 0.324 e. The van der Waals surface area contributed by atoms with Crippen molar-refractivity contribution in [1.29, 1.82) is 0 Å². The van der Waals surface area contributed by atoms with E-state index in [0.717, 1.165) is 5.56 Å². The van der Waals surface area contributed by atoms with Crippen LogP contribution in [0.3, 0.4) is 0 Å². The molecule has 0 fully saturated rings. The predicted molar refractivity (Wildman–Crippen MR) is 73.2 cm³/mol. The summed E-state index contributed by atoms with van der Waals surface area (Å²) in [7, 11) is 0. The van der Waals surface area contributed by atoms with Gasteiger partial charge in [0, 0.05) is 11.6 Å². The minimum absolute atomic E-state index is 0.0684. The Labute approximate surface area is 116 Å². The van der Waals surface area contributed by atoms with E-state index >= 15 is 0 Å². The molecule has 0 saturated carbocycles. The van der Waals surface area contributed by atoms with Crippen LogP contribution in [0.15, 0.2) is 36.4 Å². The monoisotopic (exact) mass is 281 g/mol. The standard InChI is InChI=1S/C15H14ClF2N/c1-9-2-4-11(13(17)6-9)15(19)8-10-3-5-12(16)14(18)7-10/h2-7,15H,8,19H2,1H3. The molecule has 2 rings (SSSR count). The summed E-state index contributed by atoms with van der Waals surface area (Å²) in [6.45, 7) is 1.81. The molecule has 0 aliphatic heterocycles. The Hall–Kier alpha value is -1.45. The number of hydrogen-bond acceptors (Lipinski definition) is 1. The molecule has 1 nitrogen and oxygen atoms in total. The van der Waals surface area contributed by atoms with Gasteiger partial charge in [-0.3, -0.25) is 0 Å². The first kappa shape index (κ1) is 14.0. The van der Waals surface area contributed by atoms with E-state index in [1.807, 2.05) is 6.92 Å². The van der Waals surface area contributed by atoms with Gasteiger partial charge in [-0.1, -0.05) is 29.8 Å². The highest BCUT2D eigenvalue weighted by molar-refractivity contribution is 6.30. The van der Waals surface area contributed by atoms with Crippen LogP contribution in [-0.2, 0) is 6.42 Å². The van der Waals surface area contributed by atoms with Crippen molar-refractivity contribution < 1.29 is 8.78 Å². The summed E-state index contributed by atoms with van der Waals surface area (Å²) < 4.78 is 27.1. The van der Waals surface area contributed by atoms with Crippen molar-refractivity contribution >= 4 is 11.6 Å². The van der Waals surface area contributed by atoms with Gasteiger partial charge >= 0.3 is 0 Å². The quantitative estimate of drug-likeness (QED) is 0.898. The molecule has 0 aromatic heterocycles. The minimum atomic E-state index is -0.513. The van der Waals surface area contributed by atoms with Gasteiger partial charge in [0.1, 0.15) is 11.6 Å². The van der Waals surface area contributed by atoms with Crippen LogP contribution in [0.1, 0.15) is 22.7 Å². The first-order valence-electron chi connectivity index (χ1n) is 5.93. The fourth-order valence-electron chi connectivity index (χ4n) is 1.96. The van der Waals surface area contributed by atoms with Gasteiger partial charge in [-0.05, 0) is 42.7 Å². The van der Waals surface area contributed by atoms with E-state index in [1.165, 1.54) is 18.2 Å². The third-order valence-corrected chi connectivity index (χ3v) is 3.30. The van der Waals surface area contributed by atoms with E-state index in [4.69, 9.17) is 17.3 Å². The number of nitrogens with two attached hydrogens (primary N) is 1. The van der Waals surface area contributed by atoms with Crippen molar-refractivity contribution in [2.75, 3.05) is 0 Å². The lowest BCUT2D eigenvalue weighted by atomic mass is 9.98. The second kappa shape index (κ2) is 5.68. The molecule has 0 heterocycles. The SMILES string of the molecule is Cc1ccc(C(N)Cc2ccc(Cl)c(F)c2)c(F)c1. The van der Waals surface area contributed by atoms with Gasteiger partial charge in [-0.15, -0.1) is 0 Å². The molecule has 19 heavy (non-hydrogen) atoms. The zero-order valence-electron chi connectivity index (χ0n) is 10.5. The normalized spacial score (nSPS) is 12.5. The smallest absolute Gasteiger partial charge is 0.142 e. The van der Waals surface area contributed by atoms with Gasteiger partial charge in [0.05, 0.1) is 5.02 Å². The van der Waals surface area contributed by atoms with E-state index in [2.05, 4.69) is 0 Å². The molecule has 0 aliphatic rings. The predicted octanol–water partition coefficient (Wildman–Crippen LogP) is 4.17. The fraction of sp³-hybridized carbons (Fsp3) is 0.200. The molecule has 2 aromatic rings. The van der Waals surface area contributed by atoms with Crippen molar-refractivity contribution in [2.45, 2.75) is 19.4 Å². The van der Waals surface area contributed by atoms with Crippen molar-refractivity contribution in [1.82, 2.24) is 0 Å². The maximum atomic E-state index is 13.8. The van der Waals surface area contributed by atoms with Gasteiger partial charge in [-0.25, -0.2) is 8.78 Å². The summed E-state index contributed by atoms with van der Waals surface area (Å²) in [6.07, 6.45) is 0.355. The van der Waals surface area contributed by atoms with Crippen LogP contribution < -0.4 is 5.73 Å². The maximum Gasteiger partial charge on any atom is 0.142 e. The van der Waals surface area contributed by atoms with Crippen molar-refractivity contribution in [3.05, 3.63) is 69.7 Å². The molecular weight excluding hydrogens is 268 g/mol. The number of hydrogen-bond donors (Lipinski definition) is 1. The molecule has 0 radical (unpaired) electrons. The molecule has 0 bridgehead atoms. The summed E-state index contributed by atoms with van der Waals surface area (Å²) in [5.74, 6) is -0.822. The molecule has 2 N–H and O–H groups in total. The van der Waals surface area contributed by atoms with Crippen LogP contribution in [0.4, 0.5) is 8.78 Å². The minimum Gasteiger partial charge on any atom is -0.324 e. The van der Waals surface area contributed by atoms with Crippen LogP contribution >= 0.6 is 11.6 Å². The van der Waals surface area contributed by atoms with E-state index in [-0.39, 0.29) is 10.8 Å². The molecule has 0 aliphatic carbocycles. The Kier molecular flexibility index (Phi) is 4.17. The highest BCUT2D eigenvalue weighted by Crippen LogP contribution is 2.22. The van der Waals surface area contributed by atoms with Gasteiger partial charge in [0.2, 0.25) is 0 Å². The highest BCUT2D eigenvalue weighted by Gasteiger charge is 2.13. The lowest BCUT2D eigenvalue weighted by Crippen LogP contribution is -2.15. The van der Waals surface area contributed by atoms with Crippen molar-refractivity contribution in [3.8, 4) is 0 Å².